The number of aromatic amines is 1. The molecule has 0 radical (unpaired) electrons. The van der Waals surface area contributed by atoms with Crippen LogP contribution in [0.2, 0.25) is 0 Å². The number of ether oxygens (including phenoxy) is 3. The fourth-order valence-corrected chi connectivity index (χ4v) is 6.05. The molecule has 0 unspecified atom stereocenters. The average molecular weight is 654 g/mol. The number of alkyl halides is 3. The first-order valence-electron chi connectivity index (χ1n) is 15.7. The molecule has 0 aromatic carbocycles. The highest BCUT2D eigenvalue weighted by Crippen LogP contribution is 2.38. The van der Waals surface area contributed by atoms with Crippen molar-refractivity contribution in [2.24, 2.45) is 0 Å². The van der Waals surface area contributed by atoms with Crippen molar-refractivity contribution in [1.82, 2.24) is 29.7 Å². The molecule has 14 heteroatoms. The predicted molar refractivity (Wildman–Crippen MR) is 169 cm³/mol. The maximum atomic E-state index is 14.0. The Kier molecular flexibility index (Phi) is 9.50. The van der Waals surface area contributed by atoms with E-state index in [0.717, 1.165) is 41.5 Å². The molecule has 11 nitrogen and oxygen atoms in total. The third-order valence-electron chi connectivity index (χ3n) is 8.65. The van der Waals surface area contributed by atoms with Gasteiger partial charge in [0.25, 0.3) is 0 Å². The Morgan fingerprint density at radius 1 is 1.13 bits per heavy atom. The van der Waals surface area contributed by atoms with Gasteiger partial charge in [-0.25, -0.2) is 14.8 Å². The van der Waals surface area contributed by atoms with Crippen molar-refractivity contribution < 1.29 is 32.2 Å². The van der Waals surface area contributed by atoms with E-state index in [1.807, 2.05) is 26.1 Å². The minimum absolute atomic E-state index is 0.0617. The Bertz CT molecular complexity index is 1720. The van der Waals surface area contributed by atoms with Gasteiger partial charge in [-0.15, -0.1) is 0 Å². The van der Waals surface area contributed by atoms with E-state index in [1.54, 1.807) is 30.5 Å². The summed E-state index contributed by atoms with van der Waals surface area (Å²) >= 11 is 0. The molecule has 2 aliphatic heterocycles. The molecule has 2 N–H and O–H groups in total. The van der Waals surface area contributed by atoms with Crippen LogP contribution in [0.1, 0.15) is 54.6 Å². The highest BCUT2D eigenvalue weighted by Gasteiger charge is 2.37. The quantitative estimate of drug-likeness (QED) is 0.214. The fourth-order valence-electron chi connectivity index (χ4n) is 6.05. The molecule has 4 aromatic rings. The van der Waals surface area contributed by atoms with Crippen LogP contribution in [0, 0.1) is 0 Å². The van der Waals surface area contributed by atoms with Crippen molar-refractivity contribution in [2.75, 3.05) is 45.7 Å². The summed E-state index contributed by atoms with van der Waals surface area (Å²) < 4.78 is 59.3. The van der Waals surface area contributed by atoms with E-state index in [-0.39, 0.29) is 24.3 Å². The predicted octanol–water partition coefficient (Wildman–Crippen LogP) is 6.37. The molecular formula is C33H38F3N7O4. The van der Waals surface area contributed by atoms with Crippen LogP contribution in [0.5, 0.6) is 17.4 Å². The molecule has 6 rings (SSSR count). The standard InChI is InChI=1S/C33H38F3N7O4/c1-4-20-18-43(32(44)41-23-15-27(33(34,35)36)31(39-16-23)47-24-6-10-42(2)11-7-24)19-21-13-25(17-38-29(20)21)46-28-5-9-37-30-26(28)14-22(40-30)8-12-45-3/h5,9,13-17,20,24H,4,6-8,10-12,18-19H2,1-3H3,(H,37,40)(H,41,44)/t20-/m0/s1. The van der Waals surface area contributed by atoms with E-state index < -0.39 is 23.7 Å². The minimum atomic E-state index is -4.71. The smallest absolute Gasteiger partial charge is 0.421 e. The van der Waals surface area contributed by atoms with Gasteiger partial charge >= 0.3 is 12.2 Å². The lowest BCUT2D eigenvalue weighted by Gasteiger charge is -2.33. The number of rotatable bonds is 9. The molecule has 0 bridgehead atoms. The van der Waals surface area contributed by atoms with Crippen LogP contribution < -0.4 is 14.8 Å². The number of amides is 2. The molecule has 4 aromatic heterocycles. The summed E-state index contributed by atoms with van der Waals surface area (Å²) in [5.41, 5.74) is 2.24. The lowest BCUT2D eigenvalue weighted by Crippen LogP contribution is -2.41. The first-order valence-corrected chi connectivity index (χ1v) is 15.7. The Labute approximate surface area is 270 Å². The second-order valence-corrected chi connectivity index (χ2v) is 12.0. The number of nitrogens with one attached hydrogen (secondary N) is 2. The Morgan fingerprint density at radius 2 is 1.94 bits per heavy atom. The Hall–Kier alpha value is -4.43. The van der Waals surface area contributed by atoms with Crippen molar-refractivity contribution in [1.29, 1.82) is 0 Å². The Morgan fingerprint density at radius 3 is 2.68 bits per heavy atom. The summed E-state index contributed by atoms with van der Waals surface area (Å²) in [5, 5.41) is 3.44. The van der Waals surface area contributed by atoms with Crippen LogP contribution in [0.4, 0.5) is 23.7 Å². The van der Waals surface area contributed by atoms with Gasteiger partial charge in [-0.2, -0.15) is 13.2 Å². The maximum absolute atomic E-state index is 14.0. The van der Waals surface area contributed by atoms with Gasteiger partial charge in [-0.05, 0) is 56.1 Å². The monoisotopic (exact) mass is 653 g/mol. The van der Waals surface area contributed by atoms with Crippen molar-refractivity contribution in [3.63, 3.8) is 0 Å². The van der Waals surface area contributed by atoms with Crippen LogP contribution in [-0.2, 0) is 23.9 Å². The number of aromatic nitrogens is 4. The maximum Gasteiger partial charge on any atom is 0.421 e. The number of halogens is 3. The third-order valence-corrected chi connectivity index (χ3v) is 8.65. The molecule has 1 fully saturated rings. The number of carbonyl (C=O) groups is 1. The number of methoxy groups -OCH3 is 1. The summed E-state index contributed by atoms with van der Waals surface area (Å²) in [5.74, 6) is 0.560. The van der Waals surface area contributed by atoms with E-state index in [2.05, 4.69) is 25.2 Å². The van der Waals surface area contributed by atoms with Gasteiger partial charge in [-0.3, -0.25) is 4.98 Å². The third kappa shape index (κ3) is 7.43. The molecule has 2 amide bonds. The summed E-state index contributed by atoms with van der Waals surface area (Å²) in [7, 11) is 3.61. The van der Waals surface area contributed by atoms with E-state index in [0.29, 0.717) is 56.0 Å². The van der Waals surface area contributed by atoms with E-state index in [1.165, 1.54) is 6.20 Å². The van der Waals surface area contributed by atoms with Gasteiger partial charge in [0.15, 0.2) is 0 Å². The molecule has 6 heterocycles. The molecule has 0 saturated carbocycles. The molecule has 0 spiro atoms. The Balaban J connectivity index is 1.18. The summed E-state index contributed by atoms with van der Waals surface area (Å²) in [6, 6.07) is 5.96. The zero-order valence-corrected chi connectivity index (χ0v) is 26.6. The van der Waals surface area contributed by atoms with Crippen molar-refractivity contribution >= 4 is 22.8 Å². The number of nitrogens with zero attached hydrogens (tertiary/aromatic N) is 5. The summed E-state index contributed by atoms with van der Waals surface area (Å²) in [4.78, 5) is 33.5. The number of pyridine rings is 3. The van der Waals surface area contributed by atoms with Gasteiger partial charge in [0, 0.05) is 57.5 Å². The second kappa shape index (κ2) is 13.7. The van der Waals surface area contributed by atoms with Gasteiger partial charge in [0.1, 0.15) is 28.8 Å². The van der Waals surface area contributed by atoms with Crippen molar-refractivity contribution in [2.45, 2.75) is 57.3 Å². The average Bonchev–Trinajstić information content (AvgIpc) is 3.48. The number of H-pyrrole nitrogens is 1. The minimum Gasteiger partial charge on any atom is -0.474 e. The van der Waals surface area contributed by atoms with E-state index >= 15 is 0 Å². The second-order valence-electron chi connectivity index (χ2n) is 12.0. The molecule has 47 heavy (non-hydrogen) atoms. The number of urea groups is 1. The van der Waals surface area contributed by atoms with Crippen LogP contribution in [0.15, 0.2) is 42.9 Å². The van der Waals surface area contributed by atoms with Crippen LogP contribution in [0.3, 0.4) is 0 Å². The normalized spacial score (nSPS) is 17.5. The zero-order chi connectivity index (χ0) is 33.1. The van der Waals surface area contributed by atoms with Crippen LogP contribution >= 0.6 is 0 Å². The van der Waals surface area contributed by atoms with Gasteiger partial charge in [0.05, 0.1) is 35.8 Å². The topological polar surface area (TPSA) is 118 Å². The molecule has 250 valence electrons. The first kappa shape index (κ1) is 32.5. The number of piperidine rings is 1. The number of anilines is 1. The SMILES string of the molecule is CC[C@H]1CN(C(=O)Nc2cnc(OC3CCN(C)CC3)c(C(F)(F)F)c2)Cc2cc(Oc3ccnc4[nH]c(CCOC)cc34)cnc21. The number of hydrogen-bond acceptors (Lipinski definition) is 8. The number of fused-ring (bicyclic) bond motifs is 2. The largest absolute Gasteiger partial charge is 0.474 e. The lowest BCUT2D eigenvalue weighted by atomic mass is 9.92. The molecule has 1 saturated heterocycles. The zero-order valence-electron chi connectivity index (χ0n) is 26.6. The van der Waals surface area contributed by atoms with Crippen molar-refractivity contribution in [3.05, 3.63) is 65.4 Å². The molecule has 2 aliphatic rings. The number of carbonyl (C=O) groups excluding carboxylic acids is 1. The molecule has 0 aliphatic carbocycles. The first-order chi connectivity index (χ1) is 22.6. The van der Waals surface area contributed by atoms with Gasteiger partial charge in [-0.1, -0.05) is 6.92 Å². The van der Waals surface area contributed by atoms with Crippen LogP contribution in [0.25, 0.3) is 11.0 Å². The van der Waals surface area contributed by atoms with E-state index in [9.17, 15) is 18.0 Å². The fraction of sp³-hybridized carbons (Fsp3) is 0.455. The highest BCUT2D eigenvalue weighted by molar-refractivity contribution is 5.89. The molecule has 1 atom stereocenters. The number of hydrogen-bond donors (Lipinski definition) is 2. The van der Waals surface area contributed by atoms with Gasteiger partial charge in [0.2, 0.25) is 5.88 Å². The lowest BCUT2D eigenvalue weighted by molar-refractivity contribution is -0.139. The summed E-state index contributed by atoms with van der Waals surface area (Å²) in [6.07, 6.45) is 2.11. The van der Waals surface area contributed by atoms with Gasteiger partial charge < -0.3 is 34.3 Å². The van der Waals surface area contributed by atoms with Crippen molar-refractivity contribution in [3.8, 4) is 17.4 Å². The highest BCUT2D eigenvalue weighted by atomic mass is 19.4. The number of likely N-dealkylation sites (tertiary alicyclic amines) is 1. The van der Waals surface area contributed by atoms with Crippen LogP contribution in [-0.4, -0.2) is 82.3 Å². The molecular weight excluding hydrogens is 615 g/mol. The van der Waals surface area contributed by atoms with E-state index in [4.69, 9.17) is 19.2 Å². The summed E-state index contributed by atoms with van der Waals surface area (Å²) in [6.45, 7) is 4.60.